The number of carbonyl (C=O) groups excluding carboxylic acids is 1. The van der Waals surface area contributed by atoms with Crippen molar-refractivity contribution in [1.29, 1.82) is 0 Å². The van der Waals surface area contributed by atoms with Crippen LogP contribution < -0.4 is 10.1 Å². The van der Waals surface area contributed by atoms with Gasteiger partial charge in [0.05, 0.1) is 11.6 Å². The maximum atomic E-state index is 12.0. The van der Waals surface area contributed by atoms with Gasteiger partial charge in [0.15, 0.2) is 0 Å². The average Bonchev–Trinajstić information content (AvgIpc) is 2.88. The third-order valence-electron chi connectivity index (χ3n) is 2.48. The number of hydrogen-bond acceptors (Lipinski definition) is 4. The molecule has 0 saturated carbocycles. The lowest BCUT2D eigenvalue weighted by Gasteiger charge is -2.05. The van der Waals surface area contributed by atoms with Gasteiger partial charge < -0.3 is 15.2 Å². The molecule has 5 nitrogen and oxygen atoms in total. The van der Waals surface area contributed by atoms with Gasteiger partial charge in [-0.3, -0.25) is 4.79 Å². The molecule has 0 aliphatic rings. The van der Waals surface area contributed by atoms with Crippen LogP contribution in [-0.4, -0.2) is 23.6 Å². The topological polar surface area (TPSA) is 75.6 Å². The molecular weight excluding hydrogens is 278 g/mol. The van der Waals surface area contributed by atoms with Gasteiger partial charge in [0, 0.05) is 5.56 Å². The maximum absolute atomic E-state index is 12.0. The summed E-state index contributed by atoms with van der Waals surface area (Å²) in [6, 6.07) is 9.78. The van der Waals surface area contributed by atoms with Crippen molar-refractivity contribution in [1.82, 2.24) is 0 Å². The first-order valence-corrected chi connectivity index (χ1v) is 6.79. The van der Waals surface area contributed by atoms with E-state index in [1.807, 2.05) is 6.92 Å². The summed E-state index contributed by atoms with van der Waals surface area (Å²) < 4.78 is 5.29. The molecule has 2 rings (SSSR count). The first kappa shape index (κ1) is 14.1. The van der Waals surface area contributed by atoms with Crippen LogP contribution in [0, 0.1) is 0 Å². The van der Waals surface area contributed by atoms with Gasteiger partial charge in [0.25, 0.3) is 5.91 Å². The predicted molar refractivity (Wildman–Crippen MR) is 76.8 cm³/mol. The summed E-state index contributed by atoms with van der Waals surface area (Å²) >= 11 is 1.02. The number of ether oxygens (including phenoxy) is 1. The molecule has 2 N–H and O–H groups in total. The normalized spacial score (nSPS) is 10.1. The summed E-state index contributed by atoms with van der Waals surface area (Å²) in [5.41, 5.74) is 0.485. The second kappa shape index (κ2) is 6.21. The van der Waals surface area contributed by atoms with Gasteiger partial charge in [-0.2, -0.15) is 0 Å². The van der Waals surface area contributed by atoms with Gasteiger partial charge in [-0.1, -0.05) is 0 Å². The van der Waals surface area contributed by atoms with Crippen molar-refractivity contribution in [3.8, 4) is 5.75 Å². The Labute approximate surface area is 119 Å². The Hall–Kier alpha value is -2.34. The number of rotatable bonds is 5. The van der Waals surface area contributed by atoms with Crippen molar-refractivity contribution < 1.29 is 19.4 Å². The van der Waals surface area contributed by atoms with Crippen LogP contribution in [0.5, 0.6) is 5.75 Å². The van der Waals surface area contributed by atoms with Gasteiger partial charge in [-0.25, -0.2) is 4.79 Å². The zero-order valence-electron chi connectivity index (χ0n) is 10.8. The van der Waals surface area contributed by atoms with E-state index in [1.54, 1.807) is 30.3 Å². The molecule has 0 bridgehead atoms. The van der Waals surface area contributed by atoms with Gasteiger partial charge >= 0.3 is 5.97 Å². The average molecular weight is 291 g/mol. The number of nitrogens with one attached hydrogen (secondary N) is 1. The number of carbonyl (C=O) groups is 2. The monoisotopic (exact) mass is 291 g/mol. The molecule has 1 aromatic heterocycles. The molecule has 2 aromatic rings. The van der Waals surface area contributed by atoms with Gasteiger partial charge in [-0.15, -0.1) is 11.3 Å². The highest BCUT2D eigenvalue weighted by Crippen LogP contribution is 2.22. The zero-order chi connectivity index (χ0) is 14.5. The molecule has 0 aliphatic carbocycles. The molecule has 0 spiro atoms. The van der Waals surface area contributed by atoms with Crippen molar-refractivity contribution in [2.45, 2.75) is 6.92 Å². The summed E-state index contributed by atoms with van der Waals surface area (Å²) in [6.45, 7) is 2.45. The lowest BCUT2D eigenvalue weighted by molar-refractivity contribution is 0.0702. The van der Waals surface area contributed by atoms with E-state index in [0.717, 1.165) is 11.3 Å². The van der Waals surface area contributed by atoms with Gasteiger partial charge in [0.1, 0.15) is 10.6 Å². The number of hydrogen-bond donors (Lipinski definition) is 2. The van der Waals surface area contributed by atoms with E-state index in [2.05, 4.69) is 5.32 Å². The lowest BCUT2D eigenvalue weighted by atomic mass is 10.2. The van der Waals surface area contributed by atoms with E-state index in [4.69, 9.17) is 9.84 Å². The third kappa shape index (κ3) is 3.36. The van der Waals surface area contributed by atoms with Crippen LogP contribution in [0.25, 0.3) is 0 Å². The van der Waals surface area contributed by atoms with Gasteiger partial charge in [0.2, 0.25) is 0 Å². The van der Waals surface area contributed by atoms with E-state index in [1.165, 1.54) is 6.07 Å². The number of aromatic carboxylic acids is 1. The van der Waals surface area contributed by atoms with Crippen molar-refractivity contribution in [2.24, 2.45) is 0 Å². The summed E-state index contributed by atoms with van der Waals surface area (Å²) in [7, 11) is 0. The molecule has 6 heteroatoms. The molecule has 0 aliphatic heterocycles. The van der Waals surface area contributed by atoms with E-state index >= 15 is 0 Å². The second-order valence-electron chi connectivity index (χ2n) is 3.88. The van der Waals surface area contributed by atoms with E-state index in [-0.39, 0.29) is 10.8 Å². The maximum Gasteiger partial charge on any atom is 0.345 e. The number of amides is 1. The number of carboxylic acid groups (broad SMARTS) is 1. The molecule has 0 radical (unpaired) electrons. The summed E-state index contributed by atoms with van der Waals surface area (Å²) in [5, 5.41) is 12.0. The summed E-state index contributed by atoms with van der Waals surface area (Å²) in [4.78, 5) is 22.9. The highest BCUT2D eigenvalue weighted by Gasteiger charge is 2.10. The van der Waals surface area contributed by atoms with E-state index < -0.39 is 5.97 Å². The van der Waals surface area contributed by atoms with E-state index in [9.17, 15) is 9.59 Å². The van der Waals surface area contributed by atoms with Crippen LogP contribution in [0.3, 0.4) is 0 Å². The minimum atomic E-state index is -1.00. The third-order valence-corrected chi connectivity index (χ3v) is 3.47. The quantitative estimate of drug-likeness (QED) is 0.887. The Bertz CT molecular complexity index is 618. The van der Waals surface area contributed by atoms with Gasteiger partial charge in [-0.05, 0) is 43.3 Å². The molecule has 0 unspecified atom stereocenters. The zero-order valence-corrected chi connectivity index (χ0v) is 11.6. The smallest absolute Gasteiger partial charge is 0.345 e. The van der Waals surface area contributed by atoms with Crippen LogP contribution in [0.4, 0.5) is 5.00 Å². The van der Waals surface area contributed by atoms with E-state index in [0.29, 0.717) is 22.9 Å². The Balaban J connectivity index is 2.05. The Morgan fingerprint density at radius 2 is 1.90 bits per heavy atom. The standard InChI is InChI=1S/C14H13NO4S/c1-2-19-10-5-3-9(4-6-10)13(16)15-12-8-7-11(20-12)14(17)18/h3-8H,2H2,1H3,(H,15,16)(H,17,18). The van der Waals surface area contributed by atoms with Crippen molar-refractivity contribution >= 4 is 28.2 Å². The lowest BCUT2D eigenvalue weighted by Crippen LogP contribution is -2.10. The molecule has 0 fully saturated rings. The summed E-state index contributed by atoms with van der Waals surface area (Å²) in [5.74, 6) is -0.586. The Kier molecular flexibility index (Phi) is 4.37. The molecule has 1 amide bonds. The molecular formula is C14H13NO4S. The fourth-order valence-electron chi connectivity index (χ4n) is 1.57. The fraction of sp³-hybridized carbons (Fsp3) is 0.143. The highest BCUT2D eigenvalue weighted by atomic mass is 32.1. The predicted octanol–water partition coefficient (Wildman–Crippen LogP) is 3.10. The number of carboxylic acids is 1. The van der Waals surface area contributed by atoms with Crippen molar-refractivity contribution in [3.05, 3.63) is 46.8 Å². The molecule has 0 saturated heterocycles. The molecule has 1 aromatic carbocycles. The molecule has 0 atom stereocenters. The minimum Gasteiger partial charge on any atom is -0.494 e. The van der Waals surface area contributed by atoms with Crippen LogP contribution in [0.1, 0.15) is 27.0 Å². The SMILES string of the molecule is CCOc1ccc(C(=O)Nc2ccc(C(=O)O)s2)cc1. The number of thiophene rings is 1. The largest absolute Gasteiger partial charge is 0.494 e. The fourth-order valence-corrected chi connectivity index (χ4v) is 2.31. The van der Waals surface area contributed by atoms with Crippen LogP contribution in [0.2, 0.25) is 0 Å². The number of anilines is 1. The number of benzene rings is 1. The minimum absolute atomic E-state index is 0.187. The highest BCUT2D eigenvalue weighted by molar-refractivity contribution is 7.18. The van der Waals surface area contributed by atoms with Crippen LogP contribution >= 0.6 is 11.3 Å². The van der Waals surface area contributed by atoms with Crippen molar-refractivity contribution in [3.63, 3.8) is 0 Å². The second-order valence-corrected chi connectivity index (χ2v) is 4.96. The molecule has 104 valence electrons. The van der Waals surface area contributed by atoms with Crippen LogP contribution in [0.15, 0.2) is 36.4 Å². The summed E-state index contributed by atoms with van der Waals surface area (Å²) in [6.07, 6.45) is 0. The Morgan fingerprint density at radius 1 is 1.20 bits per heavy atom. The van der Waals surface area contributed by atoms with Crippen LogP contribution in [-0.2, 0) is 0 Å². The molecule has 20 heavy (non-hydrogen) atoms. The first-order chi connectivity index (χ1) is 9.60. The van der Waals surface area contributed by atoms with Crippen molar-refractivity contribution in [2.75, 3.05) is 11.9 Å². The molecule has 1 heterocycles. The Morgan fingerprint density at radius 3 is 2.45 bits per heavy atom. The first-order valence-electron chi connectivity index (χ1n) is 5.97.